The quantitative estimate of drug-likeness (QED) is 0.497. The number of carbonyl (C=O) groups is 4. The molecule has 0 spiro atoms. The zero-order chi connectivity index (χ0) is 20.6. The number of β-lactam (4-membered cyclic amide) rings is 1. The molecule has 1 saturated heterocycles. The third-order valence-electron chi connectivity index (χ3n) is 4.03. The van der Waals surface area contributed by atoms with Crippen molar-refractivity contribution in [2.45, 2.75) is 24.9 Å². The Bertz CT molecular complexity index is 886. The number of carboxylic acid groups (broad SMARTS) is 1. The molecule has 0 aromatic carbocycles. The molecule has 150 valence electrons. The first-order valence-electron chi connectivity index (χ1n) is 7.88. The molecule has 3 rings (SSSR count). The fraction of sp³-hybridized carbons (Fsp3) is 0.400. The van der Waals surface area contributed by atoms with Crippen LogP contribution >= 0.6 is 11.8 Å². The third kappa shape index (κ3) is 3.56. The summed E-state index contributed by atoms with van der Waals surface area (Å²) in [5.74, 6) is -3.27. The summed E-state index contributed by atoms with van der Waals surface area (Å²) < 4.78 is 30.2. The number of aromatic nitrogens is 2. The van der Waals surface area contributed by atoms with Crippen molar-refractivity contribution in [3.63, 3.8) is 0 Å². The van der Waals surface area contributed by atoms with E-state index in [0.29, 0.717) is 4.68 Å². The zero-order valence-corrected chi connectivity index (χ0v) is 15.1. The first-order chi connectivity index (χ1) is 13.2. The van der Waals surface area contributed by atoms with Gasteiger partial charge in [0.1, 0.15) is 29.4 Å². The molecule has 1 aromatic heterocycles. The molecule has 2 atom stereocenters. The van der Waals surface area contributed by atoms with E-state index in [4.69, 9.17) is 4.74 Å². The number of nitrogens with zero attached hydrogens (tertiary/aromatic N) is 3. The van der Waals surface area contributed by atoms with Gasteiger partial charge in [-0.1, -0.05) is 0 Å². The van der Waals surface area contributed by atoms with E-state index in [9.17, 15) is 33.1 Å². The van der Waals surface area contributed by atoms with Gasteiger partial charge in [0.2, 0.25) is 0 Å². The lowest BCUT2D eigenvalue weighted by molar-refractivity contribution is -0.149. The summed E-state index contributed by atoms with van der Waals surface area (Å²) in [6.45, 7) is -1.99. The molecular weight excluding hydrogens is 402 g/mol. The first kappa shape index (κ1) is 19.8. The van der Waals surface area contributed by atoms with Gasteiger partial charge in [-0.3, -0.25) is 19.3 Å². The maximum atomic E-state index is 12.5. The Balaban J connectivity index is 1.73. The summed E-state index contributed by atoms with van der Waals surface area (Å²) in [7, 11) is 0. The van der Waals surface area contributed by atoms with E-state index in [1.165, 1.54) is 18.7 Å². The zero-order valence-electron chi connectivity index (χ0n) is 14.3. The first-order valence-corrected chi connectivity index (χ1v) is 8.93. The van der Waals surface area contributed by atoms with Crippen molar-refractivity contribution in [1.29, 1.82) is 0 Å². The van der Waals surface area contributed by atoms with Gasteiger partial charge in [-0.25, -0.2) is 9.48 Å². The maximum absolute atomic E-state index is 12.5. The highest BCUT2D eigenvalue weighted by Gasteiger charge is 2.54. The fourth-order valence-corrected chi connectivity index (χ4v) is 4.09. The molecule has 10 nitrogen and oxygen atoms in total. The van der Waals surface area contributed by atoms with E-state index in [-0.39, 0.29) is 29.3 Å². The SMILES string of the molecule is CC(=O)OCC1=C(C(=O)O)N2C(=O)[C@H](NC(=O)c3ccn(C(F)F)n3)[C@H]2SC1. The number of hydrogen-bond donors (Lipinski definition) is 2. The number of aliphatic carboxylic acids is 1. The van der Waals surface area contributed by atoms with Crippen LogP contribution in [0.25, 0.3) is 0 Å². The Kier molecular flexibility index (Phi) is 5.36. The minimum Gasteiger partial charge on any atom is -0.477 e. The molecule has 0 saturated carbocycles. The molecule has 1 aromatic rings. The molecule has 2 aliphatic rings. The van der Waals surface area contributed by atoms with E-state index in [0.717, 1.165) is 17.2 Å². The number of carbonyl (C=O) groups excluding carboxylic acids is 3. The van der Waals surface area contributed by atoms with Crippen LogP contribution < -0.4 is 5.32 Å². The molecule has 2 aliphatic heterocycles. The Hall–Kier alpha value is -2.96. The Morgan fingerprint density at radius 1 is 1.46 bits per heavy atom. The van der Waals surface area contributed by atoms with Gasteiger partial charge in [0.05, 0.1) is 0 Å². The lowest BCUT2D eigenvalue weighted by Crippen LogP contribution is -2.70. The number of amides is 2. The molecule has 0 radical (unpaired) electrons. The van der Waals surface area contributed by atoms with Crippen molar-refractivity contribution in [1.82, 2.24) is 20.0 Å². The lowest BCUT2D eigenvalue weighted by atomic mass is 10.0. The van der Waals surface area contributed by atoms with Crippen LogP contribution in [0.5, 0.6) is 0 Å². The van der Waals surface area contributed by atoms with E-state index in [1.54, 1.807) is 0 Å². The minimum atomic E-state index is -2.91. The number of thioether (sulfide) groups is 1. The van der Waals surface area contributed by atoms with E-state index in [2.05, 4.69) is 10.4 Å². The van der Waals surface area contributed by atoms with Crippen LogP contribution in [0.2, 0.25) is 0 Å². The number of nitrogens with one attached hydrogen (secondary N) is 1. The number of halogens is 2. The molecule has 28 heavy (non-hydrogen) atoms. The highest BCUT2D eigenvalue weighted by Crippen LogP contribution is 2.40. The Labute approximate surface area is 160 Å². The smallest absolute Gasteiger partial charge is 0.352 e. The number of ether oxygens (including phenoxy) is 1. The van der Waals surface area contributed by atoms with Gasteiger partial charge in [-0.05, 0) is 6.07 Å². The highest BCUT2D eigenvalue weighted by atomic mass is 32.2. The summed E-state index contributed by atoms with van der Waals surface area (Å²) >= 11 is 1.19. The predicted octanol–water partition coefficient (Wildman–Crippen LogP) is 0.194. The van der Waals surface area contributed by atoms with Crippen molar-refractivity contribution in [2.24, 2.45) is 0 Å². The van der Waals surface area contributed by atoms with Crippen molar-refractivity contribution in [3.05, 3.63) is 29.2 Å². The van der Waals surface area contributed by atoms with Crippen molar-refractivity contribution in [2.75, 3.05) is 12.4 Å². The third-order valence-corrected chi connectivity index (χ3v) is 5.37. The second-order valence-corrected chi connectivity index (χ2v) is 6.96. The fourth-order valence-electron chi connectivity index (χ4n) is 2.77. The van der Waals surface area contributed by atoms with Gasteiger partial charge in [0, 0.05) is 24.4 Å². The summed E-state index contributed by atoms with van der Waals surface area (Å²) in [5, 5.41) is 14.6. The largest absolute Gasteiger partial charge is 0.477 e. The normalized spacial score (nSPS) is 21.3. The summed E-state index contributed by atoms with van der Waals surface area (Å²) in [4.78, 5) is 48.1. The van der Waals surface area contributed by atoms with Crippen molar-refractivity contribution >= 4 is 35.5 Å². The Morgan fingerprint density at radius 3 is 2.75 bits per heavy atom. The average molecular weight is 416 g/mol. The second-order valence-electron chi connectivity index (χ2n) is 5.86. The van der Waals surface area contributed by atoms with E-state index >= 15 is 0 Å². The van der Waals surface area contributed by atoms with Crippen LogP contribution in [0.1, 0.15) is 24.0 Å². The standard InChI is InChI=1S/C15H14F2N4O6S/c1-6(22)27-4-7-5-28-13-9(12(24)21(13)10(7)14(25)26)18-11(23)8-2-3-20(19-8)15(16)17/h2-3,9,13,15H,4-5H2,1H3,(H,18,23)(H,25,26)/t9-,13+/m0/s1. The van der Waals surface area contributed by atoms with Gasteiger partial charge < -0.3 is 15.2 Å². The summed E-state index contributed by atoms with van der Waals surface area (Å²) in [5.41, 5.74) is -0.322. The number of hydrogen-bond acceptors (Lipinski definition) is 7. The molecule has 1 fully saturated rings. The number of esters is 1. The predicted molar refractivity (Wildman–Crippen MR) is 89.1 cm³/mol. The van der Waals surface area contributed by atoms with Crippen molar-refractivity contribution in [3.8, 4) is 0 Å². The molecule has 2 N–H and O–H groups in total. The van der Waals surface area contributed by atoms with Crippen LogP contribution in [0.4, 0.5) is 8.78 Å². The summed E-state index contributed by atoms with van der Waals surface area (Å²) in [6, 6.07) is 0.0507. The molecular formula is C15H14F2N4O6S. The second kappa shape index (κ2) is 7.58. The average Bonchev–Trinajstić information content (AvgIpc) is 3.13. The Morgan fingerprint density at radius 2 is 2.18 bits per heavy atom. The topological polar surface area (TPSA) is 131 Å². The highest BCUT2D eigenvalue weighted by molar-refractivity contribution is 8.00. The summed E-state index contributed by atoms with van der Waals surface area (Å²) in [6.07, 6.45) is 0.927. The van der Waals surface area contributed by atoms with Crippen LogP contribution in [-0.2, 0) is 19.1 Å². The molecule has 0 bridgehead atoms. The number of fused-ring (bicyclic) bond motifs is 1. The molecule has 0 unspecified atom stereocenters. The molecule has 2 amide bonds. The van der Waals surface area contributed by atoms with E-state index in [1.807, 2.05) is 0 Å². The van der Waals surface area contributed by atoms with E-state index < -0.39 is 41.7 Å². The molecule has 3 heterocycles. The number of rotatable bonds is 6. The van der Waals surface area contributed by atoms with Crippen LogP contribution in [0, 0.1) is 0 Å². The maximum Gasteiger partial charge on any atom is 0.352 e. The number of carboxylic acids is 1. The van der Waals surface area contributed by atoms with Crippen LogP contribution in [0.3, 0.4) is 0 Å². The van der Waals surface area contributed by atoms with Gasteiger partial charge >= 0.3 is 18.5 Å². The van der Waals surface area contributed by atoms with Gasteiger partial charge in [-0.2, -0.15) is 13.9 Å². The van der Waals surface area contributed by atoms with Crippen LogP contribution in [0.15, 0.2) is 23.5 Å². The van der Waals surface area contributed by atoms with Gasteiger partial charge in [-0.15, -0.1) is 11.8 Å². The van der Waals surface area contributed by atoms with Gasteiger partial charge in [0.15, 0.2) is 0 Å². The van der Waals surface area contributed by atoms with Crippen molar-refractivity contribution < 1.29 is 37.8 Å². The minimum absolute atomic E-state index is 0.176. The van der Waals surface area contributed by atoms with Crippen LogP contribution in [-0.4, -0.2) is 67.3 Å². The van der Waals surface area contributed by atoms with Gasteiger partial charge in [0.25, 0.3) is 11.8 Å². The molecule has 0 aliphatic carbocycles. The number of alkyl halides is 2. The lowest BCUT2D eigenvalue weighted by Gasteiger charge is -2.49. The monoisotopic (exact) mass is 416 g/mol. The molecule has 13 heteroatoms.